The lowest BCUT2D eigenvalue weighted by atomic mass is 10.1. The quantitative estimate of drug-likeness (QED) is 0.677. The molecule has 0 aromatic heterocycles. The summed E-state index contributed by atoms with van der Waals surface area (Å²) in [5.41, 5.74) is 1.45. The third-order valence-corrected chi connectivity index (χ3v) is 3.74. The van der Waals surface area contributed by atoms with Crippen molar-refractivity contribution in [3.05, 3.63) is 68.2 Å². The fraction of sp³-hybridized carbons (Fsp3) is 0.188. The van der Waals surface area contributed by atoms with Crippen molar-refractivity contribution in [2.24, 2.45) is 0 Å². The third kappa shape index (κ3) is 3.47. The van der Waals surface area contributed by atoms with Crippen molar-refractivity contribution in [2.45, 2.75) is 13.2 Å². The molecular formula is C16H13ClN2O5. The van der Waals surface area contributed by atoms with Crippen LogP contribution in [0.15, 0.2) is 36.4 Å². The number of fused-ring (bicyclic) bond motifs is 1. The molecule has 1 amide bonds. The zero-order valence-electron chi connectivity index (χ0n) is 12.5. The number of ether oxygens (including phenoxy) is 2. The van der Waals surface area contributed by atoms with E-state index in [9.17, 15) is 14.9 Å². The van der Waals surface area contributed by atoms with Crippen molar-refractivity contribution >= 4 is 23.2 Å². The van der Waals surface area contributed by atoms with Gasteiger partial charge in [0.1, 0.15) is 5.75 Å². The minimum atomic E-state index is -0.489. The van der Waals surface area contributed by atoms with Crippen LogP contribution in [0.1, 0.15) is 21.5 Å². The molecule has 0 saturated carbocycles. The van der Waals surface area contributed by atoms with Gasteiger partial charge in [-0.05, 0) is 18.2 Å². The monoisotopic (exact) mass is 348 g/mol. The molecule has 2 aromatic carbocycles. The number of hydrogen-bond acceptors (Lipinski definition) is 5. The molecule has 0 unspecified atom stereocenters. The number of nitro benzene ring substituents is 1. The summed E-state index contributed by atoms with van der Waals surface area (Å²) >= 11 is 5.87. The van der Waals surface area contributed by atoms with Gasteiger partial charge in [0.15, 0.2) is 6.79 Å². The first-order valence-corrected chi connectivity index (χ1v) is 7.47. The Morgan fingerprint density at radius 1 is 1.33 bits per heavy atom. The first-order valence-electron chi connectivity index (χ1n) is 7.09. The van der Waals surface area contributed by atoms with E-state index in [0.29, 0.717) is 27.5 Å². The van der Waals surface area contributed by atoms with Crippen LogP contribution < -0.4 is 10.1 Å². The van der Waals surface area contributed by atoms with Crippen molar-refractivity contribution in [3.8, 4) is 5.75 Å². The predicted octanol–water partition coefficient (Wildman–Crippen LogP) is 3.04. The summed E-state index contributed by atoms with van der Waals surface area (Å²) in [6.45, 7) is 0.391. The fourth-order valence-corrected chi connectivity index (χ4v) is 2.62. The molecule has 1 aliphatic heterocycles. The van der Waals surface area contributed by atoms with Crippen LogP contribution in [0.2, 0.25) is 5.02 Å². The number of carbonyl (C=O) groups excluding carboxylic acids is 1. The van der Waals surface area contributed by atoms with Gasteiger partial charge in [-0.25, -0.2) is 0 Å². The number of amides is 1. The summed E-state index contributed by atoms with van der Waals surface area (Å²) in [6, 6.07) is 9.33. The second-order valence-electron chi connectivity index (χ2n) is 5.15. The molecule has 24 heavy (non-hydrogen) atoms. The van der Waals surface area contributed by atoms with Gasteiger partial charge in [0, 0.05) is 40.4 Å². The molecule has 8 heteroatoms. The zero-order valence-corrected chi connectivity index (χ0v) is 13.2. The van der Waals surface area contributed by atoms with Crippen molar-refractivity contribution in [1.82, 2.24) is 5.32 Å². The Labute approximate surface area is 142 Å². The number of nitrogens with zero attached hydrogens (tertiary/aromatic N) is 1. The average Bonchev–Trinajstić information content (AvgIpc) is 2.59. The molecule has 3 rings (SSSR count). The van der Waals surface area contributed by atoms with Crippen molar-refractivity contribution < 1.29 is 19.2 Å². The van der Waals surface area contributed by atoms with Gasteiger partial charge in [0.2, 0.25) is 0 Å². The molecule has 0 aliphatic carbocycles. The largest absolute Gasteiger partial charge is 0.467 e. The van der Waals surface area contributed by atoms with Gasteiger partial charge in [-0.1, -0.05) is 17.7 Å². The highest BCUT2D eigenvalue weighted by atomic mass is 35.5. The van der Waals surface area contributed by atoms with Gasteiger partial charge in [-0.15, -0.1) is 0 Å². The number of benzene rings is 2. The molecule has 2 aromatic rings. The van der Waals surface area contributed by atoms with E-state index in [4.69, 9.17) is 21.1 Å². The Balaban J connectivity index is 1.82. The van der Waals surface area contributed by atoms with Crippen LogP contribution in [0.25, 0.3) is 0 Å². The molecule has 124 valence electrons. The predicted molar refractivity (Wildman–Crippen MR) is 86.0 cm³/mol. The van der Waals surface area contributed by atoms with E-state index in [1.54, 1.807) is 24.3 Å². The summed E-state index contributed by atoms with van der Waals surface area (Å²) < 4.78 is 10.6. The number of nitrogens with one attached hydrogen (secondary N) is 1. The molecule has 1 N–H and O–H groups in total. The standard InChI is InChI=1S/C16H13ClN2O5/c17-13-3-1-2-10(4-13)16(20)18-7-11-5-14(19(21)22)6-12-8-23-9-24-15(11)12/h1-6H,7-9H2,(H,18,20). The molecule has 1 heterocycles. The average molecular weight is 349 g/mol. The Bertz CT molecular complexity index is 809. The van der Waals surface area contributed by atoms with Crippen molar-refractivity contribution in [2.75, 3.05) is 6.79 Å². The fourth-order valence-electron chi connectivity index (χ4n) is 2.42. The van der Waals surface area contributed by atoms with E-state index in [1.807, 2.05) is 0 Å². The number of nitro groups is 1. The van der Waals surface area contributed by atoms with E-state index >= 15 is 0 Å². The van der Waals surface area contributed by atoms with E-state index in [1.165, 1.54) is 12.1 Å². The minimum Gasteiger partial charge on any atom is -0.467 e. The lowest BCUT2D eigenvalue weighted by Crippen LogP contribution is -2.24. The molecule has 0 saturated heterocycles. The molecule has 7 nitrogen and oxygen atoms in total. The van der Waals surface area contributed by atoms with Crippen molar-refractivity contribution in [3.63, 3.8) is 0 Å². The molecule has 0 bridgehead atoms. The maximum Gasteiger partial charge on any atom is 0.270 e. The van der Waals surface area contributed by atoms with Gasteiger partial charge in [0.25, 0.3) is 11.6 Å². The Morgan fingerprint density at radius 2 is 2.17 bits per heavy atom. The Kier molecular flexibility index (Phi) is 4.64. The maximum absolute atomic E-state index is 12.2. The van der Waals surface area contributed by atoms with E-state index in [0.717, 1.165) is 0 Å². The van der Waals surface area contributed by atoms with Crippen LogP contribution in [0.4, 0.5) is 5.69 Å². The summed E-state index contributed by atoms with van der Waals surface area (Å²) in [4.78, 5) is 22.8. The topological polar surface area (TPSA) is 90.7 Å². The SMILES string of the molecule is O=C(NCc1cc([N+](=O)[O-])cc2c1OCOC2)c1cccc(Cl)c1. The highest BCUT2D eigenvalue weighted by Gasteiger charge is 2.21. The Hall–Kier alpha value is -2.64. The number of hydrogen-bond donors (Lipinski definition) is 1. The molecule has 0 atom stereocenters. The maximum atomic E-state index is 12.2. The summed E-state index contributed by atoms with van der Waals surface area (Å²) in [7, 11) is 0. The molecule has 0 spiro atoms. The smallest absolute Gasteiger partial charge is 0.270 e. The van der Waals surface area contributed by atoms with Gasteiger partial charge < -0.3 is 14.8 Å². The number of halogens is 1. The summed E-state index contributed by atoms with van der Waals surface area (Å²) in [5.74, 6) is 0.183. The second-order valence-corrected chi connectivity index (χ2v) is 5.59. The molecule has 0 fully saturated rings. The first-order chi connectivity index (χ1) is 11.5. The van der Waals surface area contributed by atoms with Crippen LogP contribution in [-0.4, -0.2) is 17.6 Å². The van der Waals surface area contributed by atoms with Gasteiger partial charge in [0.05, 0.1) is 11.5 Å². The van der Waals surface area contributed by atoms with Crippen LogP contribution in [0.3, 0.4) is 0 Å². The lowest BCUT2D eigenvalue weighted by Gasteiger charge is -2.20. The molecular weight excluding hydrogens is 336 g/mol. The van der Waals surface area contributed by atoms with Crippen LogP contribution in [0.5, 0.6) is 5.75 Å². The minimum absolute atomic E-state index is 0.0695. The normalized spacial score (nSPS) is 12.9. The van der Waals surface area contributed by atoms with E-state index in [-0.39, 0.29) is 31.5 Å². The molecule has 1 aliphatic rings. The van der Waals surface area contributed by atoms with Crippen LogP contribution >= 0.6 is 11.6 Å². The highest BCUT2D eigenvalue weighted by molar-refractivity contribution is 6.30. The molecule has 0 radical (unpaired) electrons. The summed E-state index contributed by atoms with van der Waals surface area (Å²) in [6.07, 6.45) is 0. The van der Waals surface area contributed by atoms with Gasteiger partial charge in [-0.3, -0.25) is 14.9 Å². The lowest BCUT2D eigenvalue weighted by molar-refractivity contribution is -0.385. The number of carbonyl (C=O) groups is 1. The van der Waals surface area contributed by atoms with Gasteiger partial charge in [-0.2, -0.15) is 0 Å². The number of non-ortho nitro benzene ring substituents is 1. The van der Waals surface area contributed by atoms with E-state index < -0.39 is 4.92 Å². The Morgan fingerprint density at radius 3 is 2.92 bits per heavy atom. The zero-order chi connectivity index (χ0) is 17.1. The second kappa shape index (κ2) is 6.86. The first kappa shape index (κ1) is 16.2. The van der Waals surface area contributed by atoms with Crippen LogP contribution in [0, 0.1) is 10.1 Å². The van der Waals surface area contributed by atoms with Crippen LogP contribution in [-0.2, 0) is 17.9 Å². The number of rotatable bonds is 4. The summed E-state index contributed by atoms with van der Waals surface area (Å²) in [5, 5.41) is 14.2. The van der Waals surface area contributed by atoms with Gasteiger partial charge >= 0.3 is 0 Å². The highest BCUT2D eigenvalue weighted by Crippen LogP contribution is 2.32. The van der Waals surface area contributed by atoms with E-state index in [2.05, 4.69) is 5.32 Å². The van der Waals surface area contributed by atoms with Crippen molar-refractivity contribution in [1.29, 1.82) is 0 Å². The third-order valence-electron chi connectivity index (χ3n) is 3.51.